The van der Waals surface area contributed by atoms with Gasteiger partial charge in [0.15, 0.2) is 0 Å². The van der Waals surface area contributed by atoms with Crippen molar-refractivity contribution >= 4 is 0 Å². The highest BCUT2D eigenvalue weighted by Gasteiger charge is 2.18. The average Bonchev–Trinajstić information content (AvgIpc) is 2.43. The highest BCUT2D eigenvalue weighted by Crippen LogP contribution is 2.21. The number of nitrogens with one attached hydrogen (secondary N) is 1. The van der Waals surface area contributed by atoms with Crippen LogP contribution in [0.15, 0.2) is 24.3 Å². The molecule has 0 aliphatic heterocycles. The lowest BCUT2D eigenvalue weighted by atomic mass is 10.0. The normalized spacial score (nSPS) is 14.7. The smallest absolute Gasteiger partial charge is 0.119 e. The summed E-state index contributed by atoms with van der Waals surface area (Å²) in [5.74, 6) is 1.57. The molecule has 1 N–H and O–H groups in total. The van der Waals surface area contributed by atoms with Gasteiger partial charge in [-0.05, 0) is 44.6 Å². The fourth-order valence-electron chi connectivity index (χ4n) is 2.18. The summed E-state index contributed by atoms with van der Waals surface area (Å²) >= 11 is 0. The zero-order valence-electron chi connectivity index (χ0n) is 13.1. The first-order valence-electron chi connectivity index (χ1n) is 7.01. The van der Waals surface area contributed by atoms with Crippen LogP contribution in [0.3, 0.4) is 0 Å². The van der Waals surface area contributed by atoms with E-state index >= 15 is 0 Å². The van der Waals surface area contributed by atoms with Gasteiger partial charge in [-0.3, -0.25) is 0 Å². The molecular weight excluding hydrogens is 236 g/mol. The third kappa shape index (κ3) is 4.51. The van der Waals surface area contributed by atoms with E-state index < -0.39 is 0 Å². The van der Waals surface area contributed by atoms with Gasteiger partial charge in [-0.2, -0.15) is 0 Å². The van der Waals surface area contributed by atoms with Gasteiger partial charge in [0, 0.05) is 18.6 Å². The standard InChI is InChI=1S/C16H28N2O/c1-12(2)13(3)18(5)11-16(17-4)14-8-7-9-15(10-14)19-6/h7-10,12-13,16-17H,11H2,1-6H3. The summed E-state index contributed by atoms with van der Waals surface area (Å²) in [5.41, 5.74) is 1.27. The van der Waals surface area contributed by atoms with E-state index in [9.17, 15) is 0 Å². The van der Waals surface area contributed by atoms with Crippen molar-refractivity contribution in [3.63, 3.8) is 0 Å². The van der Waals surface area contributed by atoms with Crippen molar-refractivity contribution in [2.75, 3.05) is 27.7 Å². The van der Waals surface area contributed by atoms with Crippen LogP contribution < -0.4 is 10.1 Å². The second-order valence-electron chi connectivity index (χ2n) is 5.54. The average molecular weight is 264 g/mol. The Balaban J connectivity index is 2.77. The van der Waals surface area contributed by atoms with Crippen LogP contribution in [-0.4, -0.2) is 38.7 Å². The van der Waals surface area contributed by atoms with Gasteiger partial charge in [-0.25, -0.2) is 0 Å². The number of likely N-dealkylation sites (N-methyl/N-ethyl adjacent to an activating group) is 2. The van der Waals surface area contributed by atoms with Gasteiger partial charge in [-0.1, -0.05) is 26.0 Å². The lowest BCUT2D eigenvalue weighted by Crippen LogP contribution is -2.39. The second kappa shape index (κ2) is 7.51. The van der Waals surface area contributed by atoms with Crippen LogP contribution in [0.5, 0.6) is 5.75 Å². The molecule has 3 heteroatoms. The minimum absolute atomic E-state index is 0.321. The number of benzene rings is 1. The van der Waals surface area contributed by atoms with Crippen molar-refractivity contribution in [3.05, 3.63) is 29.8 Å². The highest BCUT2D eigenvalue weighted by atomic mass is 16.5. The maximum atomic E-state index is 5.30. The Morgan fingerprint density at radius 2 is 1.95 bits per heavy atom. The SMILES string of the molecule is CNC(CN(C)C(C)C(C)C)c1cccc(OC)c1. The summed E-state index contributed by atoms with van der Waals surface area (Å²) in [6.07, 6.45) is 0. The molecule has 0 aliphatic rings. The van der Waals surface area contributed by atoms with Gasteiger partial charge in [0.1, 0.15) is 5.75 Å². The molecule has 0 heterocycles. The van der Waals surface area contributed by atoms with Crippen molar-refractivity contribution < 1.29 is 4.74 Å². The zero-order valence-corrected chi connectivity index (χ0v) is 13.1. The van der Waals surface area contributed by atoms with Crippen molar-refractivity contribution in [1.29, 1.82) is 0 Å². The highest BCUT2D eigenvalue weighted by molar-refractivity contribution is 5.30. The minimum atomic E-state index is 0.321. The lowest BCUT2D eigenvalue weighted by Gasteiger charge is -2.31. The summed E-state index contributed by atoms with van der Waals surface area (Å²) in [6.45, 7) is 7.80. The first-order chi connectivity index (χ1) is 8.99. The van der Waals surface area contributed by atoms with E-state index in [1.54, 1.807) is 7.11 Å². The van der Waals surface area contributed by atoms with Gasteiger partial charge in [0.25, 0.3) is 0 Å². The summed E-state index contributed by atoms with van der Waals surface area (Å²) in [4.78, 5) is 2.41. The maximum Gasteiger partial charge on any atom is 0.119 e. The molecule has 0 aromatic heterocycles. The third-order valence-corrected chi connectivity index (χ3v) is 3.98. The quantitative estimate of drug-likeness (QED) is 0.819. The van der Waals surface area contributed by atoms with Crippen molar-refractivity contribution in [3.8, 4) is 5.75 Å². The molecule has 108 valence electrons. The summed E-state index contributed by atoms with van der Waals surface area (Å²) in [6, 6.07) is 9.18. The van der Waals surface area contributed by atoms with Gasteiger partial charge >= 0.3 is 0 Å². The molecule has 0 bridgehead atoms. The molecule has 0 amide bonds. The van der Waals surface area contributed by atoms with Crippen LogP contribution in [0.2, 0.25) is 0 Å². The topological polar surface area (TPSA) is 24.5 Å². The van der Waals surface area contributed by atoms with Crippen LogP contribution in [0.25, 0.3) is 0 Å². The molecule has 1 aromatic carbocycles. The molecule has 0 fully saturated rings. The number of nitrogens with zero attached hydrogens (tertiary/aromatic N) is 1. The Morgan fingerprint density at radius 1 is 1.26 bits per heavy atom. The van der Waals surface area contributed by atoms with E-state index in [1.165, 1.54) is 5.56 Å². The van der Waals surface area contributed by atoms with Gasteiger partial charge in [-0.15, -0.1) is 0 Å². The number of ether oxygens (including phenoxy) is 1. The molecule has 0 radical (unpaired) electrons. The Kier molecular flexibility index (Phi) is 6.32. The van der Waals surface area contributed by atoms with Crippen molar-refractivity contribution in [2.24, 2.45) is 5.92 Å². The van der Waals surface area contributed by atoms with E-state index in [-0.39, 0.29) is 0 Å². The summed E-state index contributed by atoms with van der Waals surface area (Å²) < 4.78 is 5.30. The predicted molar refractivity (Wildman–Crippen MR) is 81.7 cm³/mol. The van der Waals surface area contributed by atoms with Crippen LogP contribution in [0.4, 0.5) is 0 Å². The maximum absolute atomic E-state index is 5.30. The molecule has 0 saturated carbocycles. The number of hydrogen-bond donors (Lipinski definition) is 1. The Morgan fingerprint density at radius 3 is 2.47 bits per heavy atom. The summed E-state index contributed by atoms with van der Waals surface area (Å²) in [5, 5.41) is 3.40. The van der Waals surface area contributed by atoms with E-state index in [4.69, 9.17) is 4.74 Å². The molecule has 2 atom stereocenters. The molecule has 0 aliphatic carbocycles. The molecule has 19 heavy (non-hydrogen) atoms. The molecule has 0 spiro atoms. The summed E-state index contributed by atoms with van der Waals surface area (Å²) in [7, 11) is 5.91. The fourth-order valence-corrected chi connectivity index (χ4v) is 2.18. The number of hydrogen-bond acceptors (Lipinski definition) is 3. The lowest BCUT2D eigenvalue weighted by molar-refractivity contribution is 0.190. The minimum Gasteiger partial charge on any atom is -0.497 e. The first-order valence-corrected chi connectivity index (χ1v) is 7.01. The van der Waals surface area contributed by atoms with Crippen molar-refractivity contribution in [2.45, 2.75) is 32.9 Å². The fraction of sp³-hybridized carbons (Fsp3) is 0.625. The van der Waals surface area contributed by atoms with E-state index in [0.29, 0.717) is 18.0 Å². The molecule has 2 unspecified atom stereocenters. The molecule has 3 nitrogen and oxygen atoms in total. The first kappa shape index (κ1) is 16.0. The van der Waals surface area contributed by atoms with Crippen LogP contribution in [0, 0.1) is 5.92 Å². The molecule has 1 aromatic rings. The molecule has 0 saturated heterocycles. The van der Waals surface area contributed by atoms with Gasteiger partial charge < -0.3 is 15.0 Å². The Bertz CT molecular complexity index is 379. The molecule has 1 rings (SSSR count). The third-order valence-electron chi connectivity index (χ3n) is 3.98. The number of methoxy groups -OCH3 is 1. The largest absolute Gasteiger partial charge is 0.497 e. The Hall–Kier alpha value is -1.06. The van der Waals surface area contributed by atoms with Crippen LogP contribution in [-0.2, 0) is 0 Å². The zero-order chi connectivity index (χ0) is 14.4. The van der Waals surface area contributed by atoms with E-state index in [0.717, 1.165) is 12.3 Å². The van der Waals surface area contributed by atoms with Gasteiger partial charge in [0.2, 0.25) is 0 Å². The van der Waals surface area contributed by atoms with E-state index in [1.807, 2.05) is 19.2 Å². The predicted octanol–water partition coefficient (Wildman–Crippen LogP) is 2.93. The van der Waals surface area contributed by atoms with E-state index in [2.05, 4.69) is 50.2 Å². The second-order valence-corrected chi connectivity index (χ2v) is 5.54. The Labute approximate surface area is 118 Å². The van der Waals surface area contributed by atoms with Crippen molar-refractivity contribution in [1.82, 2.24) is 10.2 Å². The molecular formula is C16H28N2O. The van der Waals surface area contributed by atoms with Gasteiger partial charge in [0.05, 0.1) is 7.11 Å². The van der Waals surface area contributed by atoms with Crippen LogP contribution in [0.1, 0.15) is 32.4 Å². The van der Waals surface area contributed by atoms with Crippen LogP contribution >= 0.6 is 0 Å². The number of rotatable bonds is 7. The monoisotopic (exact) mass is 264 g/mol.